The van der Waals surface area contributed by atoms with E-state index < -0.39 is 18.5 Å². The monoisotopic (exact) mass is 494 g/mol. The van der Waals surface area contributed by atoms with E-state index in [-0.39, 0.29) is 5.75 Å². The van der Waals surface area contributed by atoms with Gasteiger partial charge in [0, 0.05) is 5.02 Å². The van der Waals surface area contributed by atoms with Gasteiger partial charge in [0.25, 0.3) is 0 Å². The highest BCUT2D eigenvalue weighted by atomic mass is 35.5. The number of rotatable bonds is 8. The Morgan fingerprint density at radius 3 is 2.53 bits per heavy atom. The van der Waals surface area contributed by atoms with Crippen LogP contribution in [0.5, 0.6) is 5.75 Å². The lowest BCUT2D eigenvalue weighted by Crippen LogP contribution is -2.20. The van der Waals surface area contributed by atoms with Crippen molar-refractivity contribution >= 4 is 46.3 Å². The quantitative estimate of drug-likeness (QED) is 0.180. The summed E-state index contributed by atoms with van der Waals surface area (Å²) in [5.74, 6) is -0.735. The highest BCUT2D eigenvalue weighted by molar-refractivity contribution is 7.99. The van der Waals surface area contributed by atoms with Crippen molar-refractivity contribution in [1.29, 1.82) is 0 Å². The fourth-order valence-corrected chi connectivity index (χ4v) is 4.36. The van der Waals surface area contributed by atoms with Crippen LogP contribution in [-0.2, 0) is 20.9 Å². The number of aromatic nitrogens is 2. The number of carbonyl (C=O) groups is 2. The topological polar surface area (TPSA) is 70.4 Å². The zero-order chi connectivity index (χ0) is 24.1. The Morgan fingerprint density at radius 1 is 0.971 bits per heavy atom. The second kappa shape index (κ2) is 10.8. The van der Waals surface area contributed by atoms with Gasteiger partial charge in [0.1, 0.15) is 5.75 Å². The maximum atomic E-state index is 12.3. The largest absolute Gasteiger partial charge is 0.453 e. The Hall–Kier alpha value is -3.29. The molecule has 0 bridgehead atoms. The second-order valence-corrected chi connectivity index (χ2v) is 9.08. The average molecular weight is 495 g/mol. The highest BCUT2D eigenvalue weighted by Crippen LogP contribution is 2.27. The number of ether oxygens (including phenoxy) is 2. The first kappa shape index (κ1) is 23.9. The Balaban J connectivity index is 1.38. The van der Waals surface area contributed by atoms with Crippen LogP contribution in [0.15, 0.2) is 71.9 Å². The van der Waals surface area contributed by atoms with Crippen molar-refractivity contribution in [1.82, 2.24) is 9.55 Å². The number of imidazole rings is 1. The Morgan fingerprint density at radius 2 is 1.74 bits per heavy atom. The van der Waals surface area contributed by atoms with E-state index >= 15 is 0 Å². The summed E-state index contributed by atoms with van der Waals surface area (Å²) >= 11 is 7.61. The van der Waals surface area contributed by atoms with E-state index in [1.165, 1.54) is 11.8 Å². The van der Waals surface area contributed by atoms with Crippen LogP contribution in [0.1, 0.15) is 16.7 Å². The molecule has 0 radical (unpaired) electrons. The first-order valence-electron chi connectivity index (χ1n) is 10.7. The van der Waals surface area contributed by atoms with Crippen LogP contribution in [0.4, 0.5) is 0 Å². The summed E-state index contributed by atoms with van der Waals surface area (Å²) in [5.41, 5.74) is 4.82. The smallest absolute Gasteiger partial charge is 0.349 e. The van der Waals surface area contributed by atoms with Crippen LogP contribution in [0.3, 0.4) is 0 Å². The molecule has 0 amide bonds. The summed E-state index contributed by atoms with van der Waals surface area (Å²) in [5, 5.41) is 1.33. The van der Waals surface area contributed by atoms with Gasteiger partial charge in [-0.2, -0.15) is 0 Å². The van der Waals surface area contributed by atoms with E-state index in [2.05, 4.69) is 4.98 Å². The molecule has 4 aromatic rings. The van der Waals surface area contributed by atoms with E-state index in [4.69, 9.17) is 21.1 Å². The predicted molar refractivity (Wildman–Crippen MR) is 134 cm³/mol. The van der Waals surface area contributed by atoms with Crippen molar-refractivity contribution in [2.45, 2.75) is 25.5 Å². The van der Waals surface area contributed by atoms with Crippen molar-refractivity contribution in [3.05, 3.63) is 88.4 Å². The number of thioether (sulfide) groups is 1. The minimum atomic E-state index is -0.632. The van der Waals surface area contributed by atoms with Gasteiger partial charge in [0.15, 0.2) is 11.8 Å². The molecule has 1 aromatic heterocycles. The van der Waals surface area contributed by atoms with Gasteiger partial charge in [-0.1, -0.05) is 59.8 Å². The summed E-state index contributed by atoms with van der Waals surface area (Å²) in [4.78, 5) is 29.0. The van der Waals surface area contributed by atoms with Crippen molar-refractivity contribution < 1.29 is 19.1 Å². The molecule has 0 atom stereocenters. The van der Waals surface area contributed by atoms with Gasteiger partial charge >= 0.3 is 11.9 Å². The maximum absolute atomic E-state index is 12.3. The van der Waals surface area contributed by atoms with Crippen LogP contribution in [0.25, 0.3) is 11.0 Å². The number of carbonyl (C=O) groups excluding carboxylic acids is 2. The molecule has 0 unspecified atom stereocenters. The van der Waals surface area contributed by atoms with Gasteiger partial charge in [-0.05, 0) is 60.9 Å². The summed E-state index contributed by atoms with van der Waals surface area (Å²) < 4.78 is 12.4. The highest BCUT2D eigenvalue weighted by Gasteiger charge is 2.16. The van der Waals surface area contributed by atoms with Gasteiger partial charge in [-0.3, -0.25) is 4.79 Å². The normalized spacial score (nSPS) is 10.9. The molecular formula is C26H23ClN2O4S. The summed E-state index contributed by atoms with van der Waals surface area (Å²) in [6.45, 7) is 3.97. The molecule has 3 aromatic carbocycles. The Labute approximate surface area is 206 Å². The van der Waals surface area contributed by atoms with Crippen LogP contribution in [0, 0.1) is 13.8 Å². The van der Waals surface area contributed by atoms with E-state index in [1.807, 2.05) is 73.0 Å². The fraction of sp³-hybridized carbons (Fsp3) is 0.192. The molecular weight excluding hydrogens is 472 g/mol. The van der Waals surface area contributed by atoms with Gasteiger partial charge < -0.3 is 14.0 Å². The van der Waals surface area contributed by atoms with Crippen LogP contribution < -0.4 is 4.74 Å². The molecule has 0 spiro atoms. The lowest BCUT2D eigenvalue weighted by molar-refractivity contribution is -0.151. The number of esters is 2. The SMILES string of the molecule is Cc1ccc(OC(=O)COC(=O)CSc2nc3ccccc3n2Cc2ccccc2Cl)cc1C. The van der Waals surface area contributed by atoms with E-state index in [0.717, 1.165) is 27.7 Å². The fourth-order valence-electron chi connectivity index (χ4n) is 3.36. The molecule has 0 aliphatic heterocycles. The molecule has 6 nitrogen and oxygen atoms in total. The molecule has 0 fully saturated rings. The van der Waals surface area contributed by atoms with Crippen LogP contribution in [0.2, 0.25) is 5.02 Å². The number of nitrogens with zero attached hydrogens (tertiary/aromatic N) is 2. The molecule has 0 N–H and O–H groups in total. The molecule has 4 rings (SSSR count). The van der Waals surface area contributed by atoms with E-state index in [0.29, 0.717) is 22.5 Å². The molecule has 8 heteroatoms. The molecule has 0 aliphatic carbocycles. The molecule has 1 heterocycles. The number of aryl methyl sites for hydroxylation is 2. The summed E-state index contributed by atoms with van der Waals surface area (Å²) in [6.07, 6.45) is 0. The number of halogens is 1. The maximum Gasteiger partial charge on any atom is 0.349 e. The number of hydrogen-bond acceptors (Lipinski definition) is 6. The summed E-state index contributed by atoms with van der Waals surface area (Å²) in [7, 11) is 0. The minimum Gasteiger partial charge on any atom is -0.453 e. The molecule has 34 heavy (non-hydrogen) atoms. The number of fused-ring (bicyclic) bond motifs is 1. The van der Waals surface area contributed by atoms with Crippen LogP contribution >= 0.6 is 23.4 Å². The van der Waals surface area contributed by atoms with Gasteiger partial charge in [-0.25, -0.2) is 9.78 Å². The molecule has 174 valence electrons. The number of para-hydroxylation sites is 2. The minimum absolute atomic E-state index is 0.00274. The van der Waals surface area contributed by atoms with Gasteiger partial charge in [-0.15, -0.1) is 0 Å². The molecule has 0 aliphatic rings. The Kier molecular flexibility index (Phi) is 7.55. The zero-order valence-electron chi connectivity index (χ0n) is 18.8. The lowest BCUT2D eigenvalue weighted by Gasteiger charge is -2.10. The Bertz CT molecular complexity index is 1350. The predicted octanol–water partition coefficient (Wildman–Crippen LogP) is 5.60. The van der Waals surface area contributed by atoms with Gasteiger partial charge in [0.05, 0.1) is 23.3 Å². The van der Waals surface area contributed by atoms with Gasteiger partial charge in [0.2, 0.25) is 0 Å². The van der Waals surface area contributed by atoms with Crippen LogP contribution in [-0.4, -0.2) is 33.8 Å². The van der Waals surface area contributed by atoms with Crippen molar-refractivity contribution in [3.63, 3.8) is 0 Å². The molecule has 0 saturated heterocycles. The van der Waals surface area contributed by atoms with Crippen molar-refractivity contribution in [2.75, 3.05) is 12.4 Å². The number of benzene rings is 3. The third-order valence-corrected chi connectivity index (χ3v) is 6.60. The molecule has 0 saturated carbocycles. The van der Waals surface area contributed by atoms with Crippen molar-refractivity contribution in [3.8, 4) is 5.75 Å². The zero-order valence-corrected chi connectivity index (χ0v) is 20.4. The lowest BCUT2D eigenvalue weighted by atomic mass is 10.1. The first-order chi connectivity index (χ1) is 16.4. The average Bonchev–Trinajstić information content (AvgIpc) is 3.17. The van der Waals surface area contributed by atoms with E-state index in [1.54, 1.807) is 12.1 Å². The third-order valence-electron chi connectivity index (χ3n) is 5.29. The summed E-state index contributed by atoms with van der Waals surface area (Å²) in [6, 6.07) is 20.7. The third kappa shape index (κ3) is 5.79. The van der Waals surface area contributed by atoms with Crippen molar-refractivity contribution in [2.24, 2.45) is 0 Å². The number of hydrogen-bond donors (Lipinski definition) is 0. The second-order valence-electron chi connectivity index (χ2n) is 7.73. The standard InChI is InChI=1S/C26H23ClN2O4S/c1-17-11-12-20(13-18(17)2)33-24(30)15-32-25(31)16-34-26-28-22-9-5-6-10-23(22)29(26)14-19-7-3-4-8-21(19)27/h3-13H,14-16H2,1-2H3. The first-order valence-corrected chi connectivity index (χ1v) is 12.0. The van der Waals surface area contributed by atoms with E-state index in [9.17, 15) is 9.59 Å².